The number of methoxy groups -OCH3 is 1. The molecule has 0 unspecified atom stereocenters. The first-order valence-corrected chi connectivity index (χ1v) is 8.84. The van der Waals surface area contributed by atoms with E-state index in [-0.39, 0.29) is 17.8 Å². The highest BCUT2D eigenvalue weighted by molar-refractivity contribution is 6.03. The van der Waals surface area contributed by atoms with Crippen LogP contribution in [0.4, 0.5) is 6.01 Å². The van der Waals surface area contributed by atoms with Gasteiger partial charge in [0.15, 0.2) is 0 Å². The number of nitrogens with zero attached hydrogens (tertiary/aromatic N) is 2. The number of carbonyl (C=O) groups is 1. The lowest BCUT2D eigenvalue weighted by Gasteiger charge is -2.06. The third kappa shape index (κ3) is 4.24. The minimum absolute atomic E-state index is 0.000480. The maximum atomic E-state index is 12.4. The van der Waals surface area contributed by atoms with E-state index in [0.717, 1.165) is 5.75 Å². The summed E-state index contributed by atoms with van der Waals surface area (Å²) in [6.45, 7) is 0. The van der Waals surface area contributed by atoms with Gasteiger partial charge >= 0.3 is 6.01 Å². The fraction of sp³-hybridized carbons (Fsp3) is 0.0455. The Morgan fingerprint density at radius 3 is 2.31 bits per heavy atom. The van der Waals surface area contributed by atoms with E-state index in [9.17, 15) is 4.79 Å². The number of carbonyl (C=O) groups excluding carboxylic acids is 1. The Balaban J connectivity index is 1.44. The van der Waals surface area contributed by atoms with E-state index in [0.29, 0.717) is 22.6 Å². The normalized spacial score (nSPS) is 10.4. The van der Waals surface area contributed by atoms with Gasteiger partial charge in [-0.1, -0.05) is 35.4 Å². The number of hydrogen-bond acceptors (Lipinski definition) is 6. The molecule has 0 fully saturated rings. The number of rotatable bonds is 6. The zero-order valence-corrected chi connectivity index (χ0v) is 15.5. The van der Waals surface area contributed by atoms with Gasteiger partial charge in [-0.15, -0.1) is 5.10 Å². The molecule has 29 heavy (non-hydrogen) atoms. The number of para-hydroxylation sites is 2. The summed E-state index contributed by atoms with van der Waals surface area (Å²) in [5.74, 6) is 1.84. The van der Waals surface area contributed by atoms with Crippen molar-refractivity contribution in [2.24, 2.45) is 0 Å². The van der Waals surface area contributed by atoms with E-state index in [2.05, 4.69) is 15.5 Å². The number of ether oxygens (including phenoxy) is 2. The third-order valence-corrected chi connectivity index (χ3v) is 4.08. The highest BCUT2D eigenvalue weighted by Gasteiger charge is 2.15. The van der Waals surface area contributed by atoms with E-state index in [4.69, 9.17) is 13.9 Å². The Morgan fingerprint density at radius 1 is 0.862 bits per heavy atom. The van der Waals surface area contributed by atoms with E-state index < -0.39 is 0 Å². The van der Waals surface area contributed by atoms with Crippen LogP contribution in [0.1, 0.15) is 10.4 Å². The van der Waals surface area contributed by atoms with Gasteiger partial charge in [0.1, 0.15) is 17.2 Å². The summed E-state index contributed by atoms with van der Waals surface area (Å²) in [6, 6.07) is 23.4. The van der Waals surface area contributed by atoms with Crippen molar-refractivity contribution in [2.45, 2.75) is 0 Å². The van der Waals surface area contributed by atoms with E-state index in [1.165, 1.54) is 0 Å². The second-order valence-electron chi connectivity index (χ2n) is 6.01. The van der Waals surface area contributed by atoms with Crippen LogP contribution in [0.25, 0.3) is 11.5 Å². The van der Waals surface area contributed by atoms with Gasteiger partial charge in [0, 0.05) is 5.56 Å². The van der Waals surface area contributed by atoms with Crippen molar-refractivity contribution < 1.29 is 18.7 Å². The van der Waals surface area contributed by atoms with Crippen molar-refractivity contribution in [3.05, 3.63) is 84.4 Å². The lowest BCUT2D eigenvalue weighted by atomic mass is 10.2. The summed E-state index contributed by atoms with van der Waals surface area (Å²) < 4.78 is 16.6. The predicted molar refractivity (Wildman–Crippen MR) is 107 cm³/mol. The number of nitrogens with one attached hydrogen (secondary N) is 1. The average molecular weight is 387 g/mol. The summed E-state index contributed by atoms with van der Waals surface area (Å²) in [7, 11) is 1.56. The fourth-order valence-electron chi connectivity index (χ4n) is 2.67. The second-order valence-corrected chi connectivity index (χ2v) is 6.01. The topological polar surface area (TPSA) is 86.5 Å². The molecule has 1 N–H and O–H groups in total. The van der Waals surface area contributed by atoms with E-state index >= 15 is 0 Å². The van der Waals surface area contributed by atoms with Gasteiger partial charge < -0.3 is 13.9 Å². The number of hydrogen-bond donors (Lipinski definition) is 1. The average Bonchev–Trinajstić information content (AvgIpc) is 3.23. The van der Waals surface area contributed by atoms with E-state index in [1.807, 2.05) is 42.5 Å². The van der Waals surface area contributed by atoms with Crippen LogP contribution in [0.2, 0.25) is 0 Å². The van der Waals surface area contributed by atoms with Crippen molar-refractivity contribution in [2.75, 3.05) is 12.4 Å². The standard InChI is InChI=1S/C22H17N3O4/c1-27-19-10-6-5-9-18(19)21-24-25-22(29-21)23-20(26)15-11-13-17(14-12-15)28-16-7-3-2-4-8-16/h2-14H,1H3,(H,23,25,26). The molecule has 0 radical (unpaired) electrons. The molecule has 0 aliphatic rings. The molecular weight excluding hydrogens is 370 g/mol. The number of amides is 1. The first-order chi connectivity index (χ1) is 14.2. The van der Waals surface area contributed by atoms with Gasteiger partial charge in [0.2, 0.25) is 0 Å². The molecule has 3 aromatic carbocycles. The molecule has 0 saturated heterocycles. The van der Waals surface area contributed by atoms with E-state index in [1.54, 1.807) is 43.5 Å². The monoisotopic (exact) mass is 387 g/mol. The highest BCUT2D eigenvalue weighted by atomic mass is 16.5. The Labute approximate surface area is 166 Å². The largest absolute Gasteiger partial charge is 0.496 e. The SMILES string of the molecule is COc1ccccc1-c1nnc(NC(=O)c2ccc(Oc3ccccc3)cc2)o1. The lowest BCUT2D eigenvalue weighted by molar-refractivity contribution is 0.102. The zero-order chi connectivity index (χ0) is 20.1. The summed E-state index contributed by atoms with van der Waals surface area (Å²) >= 11 is 0. The van der Waals surface area contributed by atoms with Crippen molar-refractivity contribution in [3.63, 3.8) is 0 Å². The summed E-state index contributed by atoms with van der Waals surface area (Å²) in [6.07, 6.45) is 0. The van der Waals surface area contributed by atoms with Crippen molar-refractivity contribution in [3.8, 4) is 28.7 Å². The summed E-state index contributed by atoms with van der Waals surface area (Å²) in [5, 5.41) is 10.4. The predicted octanol–water partition coefficient (Wildman–Crippen LogP) is 4.79. The molecule has 1 heterocycles. The molecule has 1 aromatic heterocycles. The van der Waals surface area contributed by atoms with Crippen molar-refractivity contribution >= 4 is 11.9 Å². The van der Waals surface area contributed by atoms with Gasteiger partial charge in [-0.05, 0) is 48.5 Å². The van der Waals surface area contributed by atoms with Crippen LogP contribution in [-0.4, -0.2) is 23.2 Å². The van der Waals surface area contributed by atoms with Crippen molar-refractivity contribution in [1.29, 1.82) is 0 Å². The maximum absolute atomic E-state index is 12.4. The van der Waals surface area contributed by atoms with Crippen LogP contribution >= 0.6 is 0 Å². The molecule has 1 amide bonds. The maximum Gasteiger partial charge on any atom is 0.322 e. The molecule has 0 aliphatic carbocycles. The van der Waals surface area contributed by atoms with Gasteiger partial charge in [-0.3, -0.25) is 10.1 Å². The summed E-state index contributed by atoms with van der Waals surface area (Å²) in [5.41, 5.74) is 1.08. The Hall–Kier alpha value is -4.13. The highest BCUT2D eigenvalue weighted by Crippen LogP contribution is 2.29. The van der Waals surface area contributed by atoms with Gasteiger partial charge in [-0.2, -0.15) is 0 Å². The van der Waals surface area contributed by atoms with Crippen LogP contribution in [0.3, 0.4) is 0 Å². The van der Waals surface area contributed by atoms with Crippen LogP contribution in [-0.2, 0) is 0 Å². The number of aromatic nitrogens is 2. The van der Waals surface area contributed by atoms with Gasteiger partial charge in [-0.25, -0.2) is 0 Å². The third-order valence-electron chi connectivity index (χ3n) is 4.08. The quantitative estimate of drug-likeness (QED) is 0.512. The first kappa shape index (κ1) is 18.2. The Kier molecular flexibility index (Phi) is 5.20. The smallest absolute Gasteiger partial charge is 0.322 e. The number of benzene rings is 3. The minimum atomic E-state index is -0.369. The lowest BCUT2D eigenvalue weighted by Crippen LogP contribution is -2.11. The van der Waals surface area contributed by atoms with Crippen LogP contribution in [0.5, 0.6) is 17.2 Å². The molecule has 4 aromatic rings. The molecule has 144 valence electrons. The molecule has 7 heteroatoms. The zero-order valence-electron chi connectivity index (χ0n) is 15.5. The van der Waals surface area contributed by atoms with Crippen LogP contribution in [0.15, 0.2) is 83.3 Å². The van der Waals surface area contributed by atoms with Crippen LogP contribution < -0.4 is 14.8 Å². The number of anilines is 1. The molecule has 0 spiro atoms. The molecule has 0 saturated carbocycles. The fourth-order valence-corrected chi connectivity index (χ4v) is 2.67. The Bertz CT molecular complexity index is 1110. The van der Waals surface area contributed by atoms with Gasteiger partial charge in [0.05, 0.1) is 12.7 Å². The van der Waals surface area contributed by atoms with Crippen molar-refractivity contribution in [1.82, 2.24) is 10.2 Å². The first-order valence-electron chi connectivity index (χ1n) is 8.84. The second kappa shape index (κ2) is 8.26. The van der Waals surface area contributed by atoms with Crippen LogP contribution in [0, 0.1) is 0 Å². The molecule has 7 nitrogen and oxygen atoms in total. The minimum Gasteiger partial charge on any atom is -0.496 e. The molecule has 4 rings (SSSR count). The Morgan fingerprint density at radius 2 is 1.55 bits per heavy atom. The summed E-state index contributed by atoms with van der Waals surface area (Å²) in [4.78, 5) is 12.4. The molecule has 0 atom stereocenters. The molecule has 0 bridgehead atoms. The molecular formula is C22H17N3O4. The molecule has 0 aliphatic heterocycles. The van der Waals surface area contributed by atoms with Gasteiger partial charge in [0.25, 0.3) is 11.8 Å².